The number of aromatic amines is 1. The first-order valence-corrected chi connectivity index (χ1v) is 7.68. The van der Waals surface area contributed by atoms with Crippen molar-refractivity contribution in [3.8, 4) is 0 Å². The maximum absolute atomic E-state index is 14.1. The van der Waals surface area contributed by atoms with E-state index in [-0.39, 0.29) is 5.52 Å². The van der Waals surface area contributed by atoms with E-state index < -0.39 is 11.6 Å². The largest absolute Gasteiger partial charge is 0.330 e. The Hall–Kier alpha value is -1.27. The molecule has 3 nitrogen and oxygen atoms in total. The van der Waals surface area contributed by atoms with Crippen molar-refractivity contribution in [3.63, 3.8) is 0 Å². The Morgan fingerprint density at radius 3 is 2.81 bits per heavy atom. The second-order valence-corrected chi connectivity index (χ2v) is 6.43. The van der Waals surface area contributed by atoms with E-state index >= 15 is 0 Å². The summed E-state index contributed by atoms with van der Waals surface area (Å²) in [7, 11) is 0. The molecule has 6 heteroatoms. The van der Waals surface area contributed by atoms with Crippen molar-refractivity contribution in [2.45, 2.75) is 32.9 Å². The summed E-state index contributed by atoms with van der Waals surface area (Å²) in [6.07, 6.45) is 1.06. The number of rotatable bonds is 3. The Kier molecular flexibility index (Phi) is 3.84. The molecule has 1 aliphatic heterocycles. The number of nitrogens with one attached hydrogen (secondary N) is 1. The van der Waals surface area contributed by atoms with Gasteiger partial charge in [0.25, 0.3) is 0 Å². The van der Waals surface area contributed by atoms with E-state index in [9.17, 15) is 8.78 Å². The van der Waals surface area contributed by atoms with Gasteiger partial charge in [-0.3, -0.25) is 0 Å². The van der Waals surface area contributed by atoms with Crippen LogP contribution in [0.3, 0.4) is 0 Å². The smallest absolute Gasteiger partial charge is 0.184 e. The molecule has 0 spiro atoms. The van der Waals surface area contributed by atoms with Crippen LogP contribution in [0.25, 0.3) is 11.0 Å². The molecule has 1 atom stereocenters. The zero-order chi connectivity index (χ0) is 15.1. The van der Waals surface area contributed by atoms with E-state index in [4.69, 9.17) is 12.2 Å². The van der Waals surface area contributed by atoms with Gasteiger partial charge in [-0.05, 0) is 57.1 Å². The standard InChI is InChI=1S/C15H19F2N3S/c1-9(2)19-6-5-10(7-19)8-20-14-12(18-15(20)21)4-3-11(16)13(14)17/h3-4,9-10H,5-8H2,1-2H3,(H,18,21). The molecule has 1 aromatic carbocycles. The van der Waals surface area contributed by atoms with Crippen LogP contribution in [0.4, 0.5) is 8.78 Å². The lowest BCUT2D eigenvalue weighted by Crippen LogP contribution is -2.28. The summed E-state index contributed by atoms with van der Waals surface area (Å²) in [4.78, 5) is 5.36. The molecule has 0 radical (unpaired) electrons. The van der Waals surface area contributed by atoms with Crippen LogP contribution in [0, 0.1) is 22.3 Å². The number of likely N-dealkylation sites (tertiary alicyclic amines) is 1. The first-order chi connectivity index (χ1) is 9.97. The molecule has 1 saturated heterocycles. The van der Waals surface area contributed by atoms with Gasteiger partial charge in [0.1, 0.15) is 5.52 Å². The number of hydrogen-bond acceptors (Lipinski definition) is 2. The molecule has 0 saturated carbocycles. The fourth-order valence-electron chi connectivity index (χ4n) is 3.10. The van der Waals surface area contributed by atoms with E-state index in [0.717, 1.165) is 25.6 Å². The molecule has 21 heavy (non-hydrogen) atoms. The van der Waals surface area contributed by atoms with Crippen molar-refractivity contribution in [1.82, 2.24) is 14.5 Å². The summed E-state index contributed by atoms with van der Waals surface area (Å²) < 4.78 is 29.7. The number of halogens is 2. The minimum atomic E-state index is -0.833. The number of nitrogens with zero attached hydrogens (tertiary/aromatic N) is 2. The van der Waals surface area contributed by atoms with Crippen LogP contribution in [-0.2, 0) is 6.54 Å². The van der Waals surface area contributed by atoms with Crippen molar-refractivity contribution in [2.75, 3.05) is 13.1 Å². The lowest BCUT2D eigenvalue weighted by atomic mass is 10.1. The number of benzene rings is 1. The highest BCUT2D eigenvalue weighted by molar-refractivity contribution is 7.71. The number of H-pyrrole nitrogens is 1. The summed E-state index contributed by atoms with van der Waals surface area (Å²) in [5.41, 5.74) is 0.806. The Morgan fingerprint density at radius 1 is 1.38 bits per heavy atom. The third-order valence-corrected chi connectivity index (χ3v) is 4.64. The highest BCUT2D eigenvalue weighted by Gasteiger charge is 2.25. The van der Waals surface area contributed by atoms with Gasteiger partial charge in [-0.1, -0.05) is 0 Å². The predicted molar refractivity (Wildman–Crippen MR) is 81.9 cm³/mol. The van der Waals surface area contributed by atoms with Crippen molar-refractivity contribution in [2.24, 2.45) is 5.92 Å². The molecule has 0 bridgehead atoms. The molecule has 2 aromatic rings. The minimum Gasteiger partial charge on any atom is -0.330 e. The summed E-state index contributed by atoms with van der Waals surface area (Å²) in [5.74, 6) is -1.24. The van der Waals surface area contributed by atoms with Crippen LogP contribution in [-0.4, -0.2) is 33.6 Å². The molecule has 0 amide bonds. The number of aromatic nitrogens is 2. The van der Waals surface area contributed by atoms with E-state index in [1.54, 1.807) is 4.57 Å². The van der Waals surface area contributed by atoms with Gasteiger partial charge in [0, 0.05) is 19.1 Å². The van der Waals surface area contributed by atoms with Gasteiger partial charge in [0.05, 0.1) is 5.52 Å². The molecule has 3 rings (SSSR count). The minimum absolute atomic E-state index is 0.253. The van der Waals surface area contributed by atoms with Gasteiger partial charge in [0.2, 0.25) is 0 Å². The molecule has 2 heterocycles. The van der Waals surface area contributed by atoms with Crippen molar-refractivity contribution in [3.05, 3.63) is 28.5 Å². The molecule has 1 fully saturated rings. The number of fused-ring (bicyclic) bond motifs is 1. The highest BCUT2D eigenvalue weighted by atomic mass is 32.1. The average Bonchev–Trinajstić information content (AvgIpc) is 3.01. The first-order valence-electron chi connectivity index (χ1n) is 7.28. The van der Waals surface area contributed by atoms with Gasteiger partial charge >= 0.3 is 0 Å². The number of imidazole rings is 1. The van der Waals surface area contributed by atoms with Gasteiger partial charge in [-0.15, -0.1) is 0 Å². The molecule has 114 valence electrons. The monoisotopic (exact) mass is 311 g/mol. The van der Waals surface area contributed by atoms with Crippen LogP contribution in [0.15, 0.2) is 12.1 Å². The van der Waals surface area contributed by atoms with Gasteiger partial charge in [-0.2, -0.15) is 0 Å². The van der Waals surface area contributed by atoms with Crippen molar-refractivity contribution in [1.29, 1.82) is 0 Å². The molecule has 1 unspecified atom stereocenters. The van der Waals surface area contributed by atoms with E-state index in [0.29, 0.717) is 28.8 Å². The Balaban J connectivity index is 1.93. The SMILES string of the molecule is CC(C)N1CCC(Cn2c(=S)[nH]c3ccc(F)c(F)c32)C1. The first kappa shape index (κ1) is 14.7. The van der Waals surface area contributed by atoms with Gasteiger partial charge in [0.15, 0.2) is 16.4 Å². The Bertz CT molecular complexity index is 720. The maximum Gasteiger partial charge on any atom is 0.184 e. The zero-order valence-electron chi connectivity index (χ0n) is 12.2. The molecule has 1 aliphatic rings. The van der Waals surface area contributed by atoms with Crippen LogP contribution in [0.1, 0.15) is 20.3 Å². The summed E-state index contributed by atoms with van der Waals surface area (Å²) in [6, 6.07) is 3.18. The predicted octanol–water partition coefficient (Wildman–Crippen LogP) is 3.71. The van der Waals surface area contributed by atoms with Gasteiger partial charge in [-0.25, -0.2) is 8.78 Å². The molecular formula is C15H19F2N3S. The third kappa shape index (κ3) is 2.62. The van der Waals surface area contributed by atoms with Crippen LogP contribution < -0.4 is 0 Å². The van der Waals surface area contributed by atoms with E-state index in [1.165, 1.54) is 6.07 Å². The average molecular weight is 311 g/mol. The topological polar surface area (TPSA) is 24.0 Å². The number of hydrogen-bond donors (Lipinski definition) is 1. The summed E-state index contributed by atoms with van der Waals surface area (Å²) in [6.45, 7) is 7.00. The van der Waals surface area contributed by atoms with Gasteiger partial charge < -0.3 is 14.5 Å². The normalized spacial score (nSPS) is 20.0. The summed E-state index contributed by atoms with van der Waals surface area (Å²) >= 11 is 5.28. The fraction of sp³-hybridized carbons (Fsp3) is 0.533. The molecule has 0 aliphatic carbocycles. The molecule has 1 aromatic heterocycles. The second-order valence-electron chi connectivity index (χ2n) is 6.04. The Labute approximate surface area is 127 Å². The van der Waals surface area contributed by atoms with Crippen molar-refractivity contribution >= 4 is 23.3 Å². The van der Waals surface area contributed by atoms with E-state index in [2.05, 4.69) is 23.7 Å². The quantitative estimate of drug-likeness (QED) is 0.874. The second kappa shape index (κ2) is 5.50. The highest BCUT2D eigenvalue weighted by Crippen LogP contribution is 2.25. The Morgan fingerprint density at radius 2 is 2.14 bits per heavy atom. The maximum atomic E-state index is 14.1. The van der Waals surface area contributed by atoms with Crippen molar-refractivity contribution < 1.29 is 8.78 Å². The van der Waals surface area contributed by atoms with E-state index in [1.807, 2.05) is 0 Å². The molecule has 1 N–H and O–H groups in total. The lowest BCUT2D eigenvalue weighted by Gasteiger charge is -2.20. The third-order valence-electron chi connectivity index (χ3n) is 4.31. The molecular weight excluding hydrogens is 292 g/mol. The summed E-state index contributed by atoms with van der Waals surface area (Å²) in [5, 5.41) is 0. The zero-order valence-corrected chi connectivity index (χ0v) is 13.0. The van der Waals surface area contributed by atoms with Crippen LogP contribution in [0.2, 0.25) is 0 Å². The fourth-order valence-corrected chi connectivity index (χ4v) is 3.38. The van der Waals surface area contributed by atoms with Crippen LogP contribution in [0.5, 0.6) is 0 Å². The lowest BCUT2D eigenvalue weighted by molar-refractivity contribution is 0.261. The van der Waals surface area contributed by atoms with Crippen LogP contribution >= 0.6 is 12.2 Å².